The summed E-state index contributed by atoms with van der Waals surface area (Å²) in [7, 11) is 1.68. The van der Waals surface area contributed by atoms with E-state index in [1.54, 1.807) is 7.11 Å². The number of carbonyl (C=O) groups excluding carboxylic acids is 1. The maximum absolute atomic E-state index is 12.1. The first-order chi connectivity index (χ1) is 8.27. The van der Waals surface area contributed by atoms with Crippen molar-refractivity contribution in [3.05, 3.63) is 0 Å². The van der Waals surface area contributed by atoms with Crippen molar-refractivity contribution in [1.82, 2.24) is 5.32 Å². The fourth-order valence-electron chi connectivity index (χ4n) is 3.21. The SMILES string of the molecule is COCC(CCBr)NC(=O)C1C2CCCCC21. The number of nitrogens with one attached hydrogen (secondary N) is 1. The van der Waals surface area contributed by atoms with Crippen LogP contribution in [0.1, 0.15) is 32.1 Å². The first kappa shape index (κ1) is 13.3. The van der Waals surface area contributed by atoms with E-state index in [9.17, 15) is 4.79 Å². The molecule has 0 aromatic rings. The molecule has 0 saturated heterocycles. The van der Waals surface area contributed by atoms with Crippen LogP contribution in [0.2, 0.25) is 0 Å². The molecule has 98 valence electrons. The summed E-state index contributed by atoms with van der Waals surface area (Å²) >= 11 is 3.42. The van der Waals surface area contributed by atoms with E-state index in [-0.39, 0.29) is 11.9 Å². The average Bonchev–Trinajstić information content (AvgIpc) is 3.03. The number of hydrogen-bond acceptors (Lipinski definition) is 2. The third-order valence-electron chi connectivity index (χ3n) is 4.13. The second kappa shape index (κ2) is 6.19. The second-order valence-electron chi connectivity index (χ2n) is 5.28. The lowest BCUT2D eigenvalue weighted by Gasteiger charge is -2.16. The molecule has 1 N–H and O–H groups in total. The molecule has 2 fully saturated rings. The van der Waals surface area contributed by atoms with Crippen LogP contribution < -0.4 is 5.32 Å². The Morgan fingerprint density at radius 1 is 1.41 bits per heavy atom. The van der Waals surface area contributed by atoms with Gasteiger partial charge in [0.25, 0.3) is 0 Å². The maximum Gasteiger partial charge on any atom is 0.223 e. The molecule has 17 heavy (non-hydrogen) atoms. The van der Waals surface area contributed by atoms with E-state index in [1.807, 2.05) is 0 Å². The summed E-state index contributed by atoms with van der Waals surface area (Å²) in [5.41, 5.74) is 0. The molecule has 0 bridgehead atoms. The van der Waals surface area contributed by atoms with Gasteiger partial charge in [-0.15, -0.1) is 0 Å². The monoisotopic (exact) mass is 303 g/mol. The number of rotatable bonds is 6. The molecule has 2 aliphatic carbocycles. The molecule has 0 aliphatic heterocycles. The van der Waals surface area contributed by atoms with Crippen molar-refractivity contribution < 1.29 is 9.53 Å². The molecule has 2 saturated carbocycles. The van der Waals surface area contributed by atoms with Crippen molar-refractivity contribution in [1.29, 1.82) is 0 Å². The van der Waals surface area contributed by atoms with Gasteiger partial charge in [0, 0.05) is 18.4 Å². The highest BCUT2D eigenvalue weighted by molar-refractivity contribution is 9.09. The van der Waals surface area contributed by atoms with Crippen molar-refractivity contribution in [2.45, 2.75) is 38.1 Å². The van der Waals surface area contributed by atoms with Crippen LogP contribution in [0.3, 0.4) is 0 Å². The van der Waals surface area contributed by atoms with Gasteiger partial charge in [0.2, 0.25) is 5.91 Å². The number of ether oxygens (including phenoxy) is 1. The Bertz CT molecular complexity index is 254. The van der Waals surface area contributed by atoms with E-state index in [1.165, 1.54) is 25.7 Å². The lowest BCUT2D eigenvalue weighted by molar-refractivity contribution is -0.124. The molecule has 3 unspecified atom stereocenters. The third kappa shape index (κ3) is 3.22. The van der Waals surface area contributed by atoms with Crippen molar-refractivity contribution >= 4 is 21.8 Å². The highest BCUT2D eigenvalue weighted by Gasteiger charge is 2.54. The molecule has 0 heterocycles. The Morgan fingerprint density at radius 2 is 2.06 bits per heavy atom. The number of amides is 1. The van der Waals surface area contributed by atoms with Gasteiger partial charge in [0.15, 0.2) is 0 Å². The molecule has 0 radical (unpaired) electrons. The summed E-state index contributed by atoms with van der Waals surface area (Å²) < 4.78 is 5.14. The topological polar surface area (TPSA) is 38.3 Å². The number of methoxy groups -OCH3 is 1. The van der Waals surface area contributed by atoms with Crippen molar-refractivity contribution in [2.75, 3.05) is 19.0 Å². The standard InChI is InChI=1S/C13H22BrNO2/c1-17-8-9(6-7-14)15-13(16)12-10-4-2-3-5-11(10)12/h9-12H,2-8H2,1H3,(H,15,16). The van der Waals surface area contributed by atoms with E-state index in [4.69, 9.17) is 4.74 Å². The minimum atomic E-state index is 0.162. The summed E-state index contributed by atoms with van der Waals surface area (Å²) in [4.78, 5) is 12.1. The highest BCUT2D eigenvalue weighted by Crippen LogP contribution is 2.55. The van der Waals surface area contributed by atoms with Gasteiger partial charge in [-0.25, -0.2) is 0 Å². The summed E-state index contributed by atoms with van der Waals surface area (Å²) in [6, 6.07) is 0.162. The first-order valence-corrected chi connectivity index (χ1v) is 7.75. The van der Waals surface area contributed by atoms with Gasteiger partial charge in [-0.1, -0.05) is 28.8 Å². The van der Waals surface area contributed by atoms with Crippen LogP contribution in [0.15, 0.2) is 0 Å². The van der Waals surface area contributed by atoms with E-state index in [0.29, 0.717) is 24.4 Å². The average molecular weight is 304 g/mol. The molecular weight excluding hydrogens is 282 g/mol. The van der Waals surface area contributed by atoms with Crippen molar-refractivity contribution in [3.63, 3.8) is 0 Å². The minimum absolute atomic E-state index is 0.162. The second-order valence-corrected chi connectivity index (χ2v) is 6.07. The van der Waals surface area contributed by atoms with Crippen LogP contribution in [-0.4, -0.2) is 31.0 Å². The van der Waals surface area contributed by atoms with Gasteiger partial charge in [-0.3, -0.25) is 4.79 Å². The van der Waals surface area contributed by atoms with Crippen LogP contribution in [-0.2, 0) is 9.53 Å². The Morgan fingerprint density at radius 3 is 2.59 bits per heavy atom. The van der Waals surface area contributed by atoms with Gasteiger partial charge in [0.1, 0.15) is 0 Å². The molecule has 2 aliphatic rings. The molecule has 1 amide bonds. The lowest BCUT2D eigenvalue weighted by atomic mass is 10.0. The predicted molar refractivity (Wildman–Crippen MR) is 71.2 cm³/mol. The summed E-state index contributed by atoms with van der Waals surface area (Å²) in [6.45, 7) is 0.611. The fraction of sp³-hybridized carbons (Fsp3) is 0.923. The molecule has 0 aromatic carbocycles. The maximum atomic E-state index is 12.1. The van der Waals surface area contributed by atoms with Crippen molar-refractivity contribution in [3.8, 4) is 0 Å². The normalized spacial score (nSPS) is 32.7. The number of halogens is 1. The number of fused-ring (bicyclic) bond motifs is 1. The molecule has 2 rings (SSSR count). The zero-order valence-electron chi connectivity index (χ0n) is 10.5. The summed E-state index contributed by atoms with van der Waals surface area (Å²) in [5, 5.41) is 4.04. The third-order valence-corrected chi connectivity index (χ3v) is 4.59. The summed E-state index contributed by atoms with van der Waals surface area (Å²) in [6.07, 6.45) is 6.08. The summed E-state index contributed by atoms with van der Waals surface area (Å²) in [5.74, 6) is 1.96. The van der Waals surface area contributed by atoms with Gasteiger partial charge >= 0.3 is 0 Å². The smallest absolute Gasteiger partial charge is 0.223 e. The van der Waals surface area contributed by atoms with Gasteiger partial charge in [-0.2, -0.15) is 0 Å². The van der Waals surface area contributed by atoms with Crippen LogP contribution in [0, 0.1) is 17.8 Å². The van der Waals surface area contributed by atoms with E-state index in [0.717, 1.165) is 11.8 Å². The Kier molecular flexibility index (Phi) is 4.86. The zero-order chi connectivity index (χ0) is 12.3. The molecular formula is C13H22BrNO2. The Labute approximate surface area is 112 Å². The molecule has 3 atom stereocenters. The van der Waals surface area contributed by atoms with Gasteiger partial charge in [-0.05, 0) is 31.1 Å². The van der Waals surface area contributed by atoms with Crippen LogP contribution in [0.5, 0.6) is 0 Å². The quantitative estimate of drug-likeness (QED) is 0.765. The van der Waals surface area contributed by atoms with Gasteiger partial charge < -0.3 is 10.1 Å². The Balaban J connectivity index is 1.79. The molecule has 0 spiro atoms. The Hall–Kier alpha value is -0.0900. The number of carbonyl (C=O) groups is 1. The lowest BCUT2D eigenvalue weighted by Crippen LogP contribution is -2.39. The van der Waals surface area contributed by atoms with Crippen LogP contribution in [0.25, 0.3) is 0 Å². The van der Waals surface area contributed by atoms with E-state index in [2.05, 4.69) is 21.2 Å². The highest BCUT2D eigenvalue weighted by atomic mass is 79.9. The number of alkyl halides is 1. The van der Waals surface area contributed by atoms with E-state index < -0.39 is 0 Å². The largest absolute Gasteiger partial charge is 0.383 e. The van der Waals surface area contributed by atoms with E-state index >= 15 is 0 Å². The minimum Gasteiger partial charge on any atom is -0.383 e. The van der Waals surface area contributed by atoms with Crippen LogP contribution >= 0.6 is 15.9 Å². The zero-order valence-corrected chi connectivity index (χ0v) is 12.0. The predicted octanol–water partition coefficient (Wildman–Crippen LogP) is 2.34. The van der Waals surface area contributed by atoms with Gasteiger partial charge in [0.05, 0.1) is 12.6 Å². The van der Waals surface area contributed by atoms with Crippen molar-refractivity contribution in [2.24, 2.45) is 17.8 Å². The molecule has 3 nitrogen and oxygen atoms in total. The number of hydrogen-bond donors (Lipinski definition) is 1. The fourth-order valence-corrected chi connectivity index (χ4v) is 3.76. The first-order valence-electron chi connectivity index (χ1n) is 6.63. The van der Waals surface area contributed by atoms with Crippen LogP contribution in [0.4, 0.5) is 0 Å². The molecule has 0 aromatic heterocycles. The molecule has 4 heteroatoms.